The summed E-state index contributed by atoms with van der Waals surface area (Å²) < 4.78 is 19.1. The van der Waals surface area contributed by atoms with Crippen molar-refractivity contribution in [3.63, 3.8) is 0 Å². The quantitative estimate of drug-likeness (QED) is 0.640. The zero-order valence-electron chi connectivity index (χ0n) is 10.6. The normalized spacial score (nSPS) is 10.3. The summed E-state index contributed by atoms with van der Waals surface area (Å²) in [5.41, 5.74) is 3.23. The van der Waals surface area contributed by atoms with Crippen molar-refractivity contribution in [2.24, 2.45) is 5.84 Å². The number of benzene rings is 1. The first-order valence-corrected chi connectivity index (χ1v) is 5.99. The van der Waals surface area contributed by atoms with E-state index in [1.165, 1.54) is 12.4 Å². The first kappa shape index (κ1) is 13.2. The standard InChI is InChI=1S/C13H15FN4O/c1-2-5-9-12(18-15)16-8-17-13(9)19-11-7-4-3-6-10(11)14/h3-4,6-8H,2,5,15H2,1H3,(H,16,17,18). The highest BCUT2D eigenvalue weighted by molar-refractivity contribution is 5.49. The first-order valence-electron chi connectivity index (χ1n) is 5.99. The molecule has 0 radical (unpaired) electrons. The van der Waals surface area contributed by atoms with Gasteiger partial charge in [0, 0.05) is 0 Å². The molecule has 0 aliphatic carbocycles. The summed E-state index contributed by atoms with van der Waals surface area (Å²) in [6.45, 7) is 2.01. The highest BCUT2D eigenvalue weighted by Crippen LogP contribution is 2.28. The lowest BCUT2D eigenvalue weighted by Crippen LogP contribution is -2.12. The van der Waals surface area contributed by atoms with Crippen LogP contribution in [0.2, 0.25) is 0 Å². The van der Waals surface area contributed by atoms with Crippen molar-refractivity contribution in [1.82, 2.24) is 9.97 Å². The lowest BCUT2D eigenvalue weighted by molar-refractivity contribution is 0.421. The van der Waals surface area contributed by atoms with Gasteiger partial charge in [-0.15, -0.1) is 0 Å². The fourth-order valence-electron chi connectivity index (χ4n) is 1.72. The average Bonchev–Trinajstić information content (AvgIpc) is 2.43. The summed E-state index contributed by atoms with van der Waals surface area (Å²) in [4.78, 5) is 8.07. The van der Waals surface area contributed by atoms with Crippen molar-refractivity contribution in [3.8, 4) is 11.6 Å². The van der Waals surface area contributed by atoms with Crippen LogP contribution in [0.1, 0.15) is 18.9 Å². The number of nitrogens with one attached hydrogen (secondary N) is 1. The molecule has 1 heterocycles. The molecule has 100 valence electrons. The van der Waals surface area contributed by atoms with Crippen LogP contribution in [-0.2, 0) is 6.42 Å². The molecule has 19 heavy (non-hydrogen) atoms. The van der Waals surface area contributed by atoms with Crippen molar-refractivity contribution in [3.05, 3.63) is 42.0 Å². The molecule has 5 nitrogen and oxygen atoms in total. The number of para-hydroxylation sites is 1. The monoisotopic (exact) mass is 262 g/mol. The number of nitrogens with zero attached hydrogens (tertiary/aromatic N) is 2. The zero-order valence-corrected chi connectivity index (χ0v) is 10.6. The summed E-state index contributed by atoms with van der Waals surface area (Å²) >= 11 is 0. The minimum Gasteiger partial charge on any atom is -0.435 e. The maximum atomic E-state index is 13.6. The zero-order chi connectivity index (χ0) is 13.7. The average molecular weight is 262 g/mol. The number of nitrogens with two attached hydrogens (primary N) is 1. The molecule has 0 saturated carbocycles. The number of ether oxygens (including phenoxy) is 1. The summed E-state index contributed by atoms with van der Waals surface area (Å²) in [7, 11) is 0. The van der Waals surface area contributed by atoms with Crippen molar-refractivity contribution in [1.29, 1.82) is 0 Å². The van der Waals surface area contributed by atoms with E-state index >= 15 is 0 Å². The lowest BCUT2D eigenvalue weighted by atomic mass is 10.2. The van der Waals surface area contributed by atoms with Crippen LogP contribution in [0, 0.1) is 5.82 Å². The Morgan fingerprint density at radius 1 is 1.32 bits per heavy atom. The van der Waals surface area contributed by atoms with Gasteiger partial charge >= 0.3 is 0 Å². The summed E-state index contributed by atoms with van der Waals surface area (Å²) in [6, 6.07) is 6.17. The molecular weight excluding hydrogens is 247 g/mol. The van der Waals surface area contributed by atoms with Gasteiger partial charge in [0.25, 0.3) is 0 Å². The molecule has 0 fully saturated rings. The van der Waals surface area contributed by atoms with Crippen LogP contribution < -0.4 is 16.0 Å². The predicted octanol–water partition coefficient (Wildman–Crippen LogP) is 2.65. The number of nitrogen functional groups attached to an aromatic ring is 1. The van der Waals surface area contributed by atoms with Gasteiger partial charge in [0.1, 0.15) is 12.1 Å². The van der Waals surface area contributed by atoms with Crippen LogP contribution in [0.5, 0.6) is 11.6 Å². The molecule has 2 rings (SSSR count). The smallest absolute Gasteiger partial charge is 0.227 e. The summed E-state index contributed by atoms with van der Waals surface area (Å²) in [6.07, 6.45) is 2.88. The summed E-state index contributed by atoms with van der Waals surface area (Å²) in [5.74, 6) is 5.89. The third kappa shape index (κ3) is 2.97. The maximum absolute atomic E-state index is 13.6. The van der Waals surface area contributed by atoms with E-state index in [0.717, 1.165) is 12.0 Å². The van der Waals surface area contributed by atoms with Gasteiger partial charge in [-0.3, -0.25) is 0 Å². The topological polar surface area (TPSA) is 73.1 Å². The fourth-order valence-corrected chi connectivity index (χ4v) is 1.72. The van der Waals surface area contributed by atoms with Crippen molar-refractivity contribution in [2.75, 3.05) is 5.43 Å². The van der Waals surface area contributed by atoms with E-state index in [1.807, 2.05) is 6.92 Å². The number of rotatable bonds is 5. The highest BCUT2D eigenvalue weighted by atomic mass is 19.1. The largest absolute Gasteiger partial charge is 0.435 e. The summed E-state index contributed by atoms with van der Waals surface area (Å²) in [5, 5.41) is 0. The van der Waals surface area contributed by atoms with Crippen LogP contribution in [0.3, 0.4) is 0 Å². The van der Waals surface area contributed by atoms with E-state index in [-0.39, 0.29) is 5.75 Å². The third-order valence-corrected chi connectivity index (χ3v) is 2.59. The number of hydrogen-bond donors (Lipinski definition) is 2. The number of halogens is 1. The Morgan fingerprint density at radius 2 is 2.11 bits per heavy atom. The predicted molar refractivity (Wildman–Crippen MR) is 70.3 cm³/mol. The van der Waals surface area contributed by atoms with E-state index in [0.29, 0.717) is 18.1 Å². The molecular formula is C13H15FN4O. The van der Waals surface area contributed by atoms with Gasteiger partial charge in [0.15, 0.2) is 11.6 Å². The van der Waals surface area contributed by atoms with Gasteiger partial charge in [0.2, 0.25) is 5.88 Å². The SMILES string of the molecule is CCCc1c(NN)ncnc1Oc1ccccc1F. The van der Waals surface area contributed by atoms with Gasteiger partial charge in [-0.05, 0) is 18.6 Å². The first-order chi connectivity index (χ1) is 9.26. The highest BCUT2D eigenvalue weighted by Gasteiger charge is 2.13. The Morgan fingerprint density at radius 3 is 2.79 bits per heavy atom. The molecule has 2 aromatic rings. The van der Waals surface area contributed by atoms with E-state index in [9.17, 15) is 4.39 Å². The number of aromatic nitrogens is 2. The molecule has 0 atom stereocenters. The van der Waals surface area contributed by atoms with Gasteiger partial charge in [-0.2, -0.15) is 0 Å². The van der Waals surface area contributed by atoms with Gasteiger partial charge in [-0.25, -0.2) is 20.2 Å². The van der Waals surface area contributed by atoms with Crippen molar-refractivity contribution in [2.45, 2.75) is 19.8 Å². The molecule has 0 unspecified atom stereocenters. The molecule has 0 amide bonds. The van der Waals surface area contributed by atoms with E-state index in [1.54, 1.807) is 18.2 Å². The molecule has 0 aliphatic rings. The van der Waals surface area contributed by atoms with Gasteiger partial charge < -0.3 is 10.2 Å². The van der Waals surface area contributed by atoms with Crippen LogP contribution in [0.15, 0.2) is 30.6 Å². The molecule has 1 aromatic carbocycles. The van der Waals surface area contributed by atoms with Crippen LogP contribution in [0.25, 0.3) is 0 Å². The Balaban J connectivity index is 2.37. The minimum absolute atomic E-state index is 0.126. The van der Waals surface area contributed by atoms with E-state index < -0.39 is 5.82 Å². The molecule has 0 saturated heterocycles. The van der Waals surface area contributed by atoms with E-state index in [4.69, 9.17) is 10.6 Å². The van der Waals surface area contributed by atoms with Crippen molar-refractivity contribution < 1.29 is 9.13 Å². The van der Waals surface area contributed by atoms with Crippen LogP contribution in [-0.4, -0.2) is 9.97 Å². The van der Waals surface area contributed by atoms with Crippen molar-refractivity contribution >= 4 is 5.82 Å². The lowest BCUT2D eigenvalue weighted by Gasteiger charge is -2.12. The molecule has 6 heteroatoms. The van der Waals surface area contributed by atoms with E-state index in [2.05, 4.69) is 15.4 Å². The Bertz CT molecular complexity index is 562. The second-order valence-corrected chi connectivity index (χ2v) is 3.93. The second kappa shape index (κ2) is 6.10. The Hall–Kier alpha value is -2.21. The minimum atomic E-state index is -0.439. The molecule has 0 spiro atoms. The Kier molecular flexibility index (Phi) is 4.25. The van der Waals surface area contributed by atoms with Gasteiger partial charge in [0.05, 0.1) is 5.56 Å². The molecule has 3 N–H and O–H groups in total. The number of hydrazine groups is 1. The molecule has 0 aliphatic heterocycles. The van der Waals surface area contributed by atoms with Crippen LogP contribution in [0.4, 0.5) is 10.2 Å². The molecule has 1 aromatic heterocycles. The van der Waals surface area contributed by atoms with Gasteiger partial charge in [-0.1, -0.05) is 25.5 Å². The third-order valence-electron chi connectivity index (χ3n) is 2.59. The Labute approximate surface area is 110 Å². The second-order valence-electron chi connectivity index (χ2n) is 3.93. The number of hydrogen-bond acceptors (Lipinski definition) is 5. The van der Waals surface area contributed by atoms with Crippen LogP contribution >= 0.6 is 0 Å². The molecule has 0 bridgehead atoms. The maximum Gasteiger partial charge on any atom is 0.227 e. The number of anilines is 1. The fraction of sp³-hybridized carbons (Fsp3) is 0.231.